The lowest BCUT2D eigenvalue weighted by atomic mass is 9.78. The highest BCUT2D eigenvalue weighted by Gasteiger charge is 2.57. The molecule has 1 aromatic rings. The molecule has 0 N–H and O–H groups in total. The maximum Gasteiger partial charge on any atom is 0.410 e. The van der Waals surface area contributed by atoms with Crippen LogP contribution in [0.2, 0.25) is 0 Å². The van der Waals surface area contributed by atoms with E-state index in [9.17, 15) is 14.4 Å². The molecule has 1 aromatic carbocycles. The summed E-state index contributed by atoms with van der Waals surface area (Å²) in [6, 6.07) is 5.98. The van der Waals surface area contributed by atoms with Crippen molar-refractivity contribution in [2.75, 3.05) is 26.2 Å². The normalized spacial score (nSPS) is 27.2. The number of benzene rings is 1. The van der Waals surface area contributed by atoms with Crippen LogP contribution in [-0.4, -0.2) is 65.2 Å². The largest absolute Gasteiger partial charge is 0.456 e. The molecule has 1 aliphatic carbocycles. The SMILES string of the molecule is Cc1ccc(C2=CCN(C(=O)OC(C)(C)C)CC2)cc1C(=O)N1CC[C@@]2(C1)OC(=O)C1C=CC=CC12. The molecule has 1 spiro atoms. The zero-order chi connectivity index (χ0) is 25.7. The van der Waals surface area contributed by atoms with Gasteiger partial charge in [-0.1, -0.05) is 42.5 Å². The van der Waals surface area contributed by atoms with Crippen LogP contribution in [0.3, 0.4) is 0 Å². The summed E-state index contributed by atoms with van der Waals surface area (Å²) in [4.78, 5) is 42.0. The first kappa shape index (κ1) is 24.3. The molecule has 7 heteroatoms. The highest BCUT2D eigenvalue weighted by Crippen LogP contribution is 2.46. The molecule has 3 heterocycles. The van der Waals surface area contributed by atoms with Crippen molar-refractivity contribution >= 4 is 23.5 Å². The minimum absolute atomic E-state index is 0.0273. The van der Waals surface area contributed by atoms with Gasteiger partial charge in [0, 0.05) is 37.5 Å². The number of esters is 1. The van der Waals surface area contributed by atoms with Crippen LogP contribution in [0.15, 0.2) is 48.6 Å². The maximum absolute atomic E-state index is 13.6. The van der Waals surface area contributed by atoms with Crippen molar-refractivity contribution < 1.29 is 23.9 Å². The standard InChI is InChI=1S/C29H34N2O5/c1-19-9-10-21(20-11-14-30(15-12-20)27(34)36-28(2,3)4)17-23(19)25(32)31-16-13-29(18-31)24-8-6-5-7-22(24)26(33)35-29/h5-11,17,22,24H,12-16,18H2,1-4H3/t22?,24?,29-/m0/s1. The van der Waals surface area contributed by atoms with Crippen LogP contribution in [0.1, 0.15) is 55.1 Å². The van der Waals surface area contributed by atoms with Crippen molar-refractivity contribution in [1.82, 2.24) is 9.80 Å². The topological polar surface area (TPSA) is 76.2 Å². The number of allylic oxidation sites excluding steroid dienone is 2. The summed E-state index contributed by atoms with van der Waals surface area (Å²) in [6.07, 6.45) is 10.9. The minimum atomic E-state index is -0.638. The van der Waals surface area contributed by atoms with Crippen LogP contribution >= 0.6 is 0 Å². The summed E-state index contributed by atoms with van der Waals surface area (Å²) in [7, 11) is 0. The van der Waals surface area contributed by atoms with E-state index in [4.69, 9.17) is 9.47 Å². The predicted octanol–water partition coefficient (Wildman–Crippen LogP) is 4.52. The van der Waals surface area contributed by atoms with E-state index in [2.05, 4.69) is 0 Å². The summed E-state index contributed by atoms with van der Waals surface area (Å²) in [5.74, 6) is -0.514. The molecule has 2 fully saturated rings. The minimum Gasteiger partial charge on any atom is -0.456 e. The van der Waals surface area contributed by atoms with Gasteiger partial charge in [-0.25, -0.2) is 4.79 Å². The fraction of sp³-hybridized carbons (Fsp3) is 0.483. The highest BCUT2D eigenvalue weighted by molar-refractivity contribution is 5.97. The number of carbonyl (C=O) groups is 3. The highest BCUT2D eigenvalue weighted by atomic mass is 16.6. The third-order valence-corrected chi connectivity index (χ3v) is 7.57. The molecule has 4 aliphatic rings. The predicted molar refractivity (Wildman–Crippen MR) is 136 cm³/mol. The van der Waals surface area contributed by atoms with Gasteiger partial charge in [-0.2, -0.15) is 0 Å². The smallest absolute Gasteiger partial charge is 0.410 e. The van der Waals surface area contributed by atoms with E-state index < -0.39 is 11.2 Å². The molecule has 0 bridgehead atoms. The summed E-state index contributed by atoms with van der Waals surface area (Å²) in [5, 5.41) is 0. The number of fused-ring (bicyclic) bond motifs is 2. The fourth-order valence-corrected chi connectivity index (χ4v) is 5.65. The van der Waals surface area contributed by atoms with E-state index in [0.29, 0.717) is 44.6 Å². The van der Waals surface area contributed by atoms with Crippen LogP contribution in [-0.2, 0) is 14.3 Å². The van der Waals surface area contributed by atoms with Gasteiger partial charge in [0.25, 0.3) is 5.91 Å². The van der Waals surface area contributed by atoms with Gasteiger partial charge in [-0.05, 0) is 56.9 Å². The Labute approximate surface area is 212 Å². The van der Waals surface area contributed by atoms with Crippen molar-refractivity contribution in [2.45, 2.75) is 51.7 Å². The van der Waals surface area contributed by atoms with Gasteiger partial charge in [0.15, 0.2) is 0 Å². The van der Waals surface area contributed by atoms with Crippen molar-refractivity contribution in [3.63, 3.8) is 0 Å². The fourth-order valence-electron chi connectivity index (χ4n) is 5.65. The van der Waals surface area contributed by atoms with Crippen LogP contribution in [0, 0.1) is 18.8 Å². The average molecular weight is 491 g/mol. The molecule has 0 aromatic heterocycles. The average Bonchev–Trinajstić information content (AvgIpc) is 3.39. The number of likely N-dealkylation sites (tertiary alicyclic amines) is 1. The summed E-state index contributed by atoms with van der Waals surface area (Å²) in [6.45, 7) is 9.55. The number of hydrogen-bond acceptors (Lipinski definition) is 5. The Morgan fingerprint density at radius 2 is 1.89 bits per heavy atom. The molecule has 3 aliphatic heterocycles. The molecule has 2 saturated heterocycles. The number of nitrogens with zero attached hydrogens (tertiary/aromatic N) is 2. The first-order valence-corrected chi connectivity index (χ1v) is 12.7. The second kappa shape index (κ2) is 8.95. The Kier molecular flexibility index (Phi) is 6.05. The first-order valence-electron chi connectivity index (χ1n) is 12.7. The van der Waals surface area contributed by atoms with E-state index in [0.717, 1.165) is 16.7 Å². The Morgan fingerprint density at radius 3 is 2.61 bits per heavy atom. The zero-order valence-electron chi connectivity index (χ0n) is 21.5. The number of hydrogen-bond donors (Lipinski definition) is 0. The van der Waals surface area contributed by atoms with Gasteiger partial charge >= 0.3 is 12.1 Å². The van der Waals surface area contributed by atoms with Gasteiger partial charge < -0.3 is 19.3 Å². The summed E-state index contributed by atoms with van der Waals surface area (Å²) in [5.41, 5.74) is 2.53. The Balaban J connectivity index is 1.30. The number of aryl methyl sites for hydroxylation is 1. The van der Waals surface area contributed by atoms with E-state index in [1.165, 1.54) is 0 Å². The second-order valence-corrected chi connectivity index (χ2v) is 11.2. The molecule has 0 radical (unpaired) electrons. The van der Waals surface area contributed by atoms with Crippen molar-refractivity contribution in [3.05, 3.63) is 65.3 Å². The Morgan fingerprint density at radius 1 is 1.11 bits per heavy atom. The lowest BCUT2D eigenvalue weighted by Gasteiger charge is -2.30. The van der Waals surface area contributed by atoms with Crippen molar-refractivity contribution in [2.24, 2.45) is 11.8 Å². The molecule has 3 atom stereocenters. The van der Waals surface area contributed by atoms with E-state index >= 15 is 0 Å². The van der Waals surface area contributed by atoms with E-state index in [1.54, 1.807) is 4.90 Å². The summed E-state index contributed by atoms with van der Waals surface area (Å²) < 4.78 is 11.4. The zero-order valence-corrected chi connectivity index (χ0v) is 21.5. The number of carbonyl (C=O) groups excluding carboxylic acids is 3. The van der Waals surface area contributed by atoms with Gasteiger partial charge in [-0.3, -0.25) is 9.59 Å². The van der Waals surface area contributed by atoms with Crippen LogP contribution < -0.4 is 0 Å². The van der Waals surface area contributed by atoms with E-state index in [1.807, 2.05) is 81.2 Å². The Bertz CT molecular complexity index is 1190. The molecule has 5 rings (SSSR count). The number of amides is 2. The molecule has 2 unspecified atom stereocenters. The van der Waals surface area contributed by atoms with Gasteiger partial charge in [0.1, 0.15) is 11.2 Å². The molecular weight excluding hydrogens is 456 g/mol. The van der Waals surface area contributed by atoms with Gasteiger partial charge in [-0.15, -0.1) is 0 Å². The molecular formula is C29H34N2O5. The third kappa shape index (κ3) is 4.47. The molecule has 7 nitrogen and oxygen atoms in total. The third-order valence-electron chi connectivity index (χ3n) is 7.57. The first-order chi connectivity index (χ1) is 17.1. The molecule has 2 amide bonds. The van der Waals surface area contributed by atoms with E-state index in [-0.39, 0.29) is 29.8 Å². The van der Waals surface area contributed by atoms with Crippen LogP contribution in [0.5, 0.6) is 0 Å². The van der Waals surface area contributed by atoms with Crippen LogP contribution in [0.4, 0.5) is 4.79 Å². The van der Waals surface area contributed by atoms with Gasteiger partial charge in [0.2, 0.25) is 0 Å². The maximum atomic E-state index is 13.6. The quantitative estimate of drug-likeness (QED) is 0.570. The number of rotatable bonds is 2. The Hall–Kier alpha value is -3.35. The monoisotopic (exact) mass is 490 g/mol. The van der Waals surface area contributed by atoms with Crippen LogP contribution in [0.25, 0.3) is 5.57 Å². The molecule has 36 heavy (non-hydrogen) atoms. The summed E-state index contributed by atoms with van der Waals surface area (Å²) >= 11 is 0. The van der Waals surface area contributed by atoms with Crippen molar-refractivity contribution in [3.8, 4) is 0 Å². The number of ether oxygens (including phenoxy) is 2. The molecule has 190 valence electrons. The van der Waals surface area contributed by atoms with Gasteiger partial charge in [0.05, 0.1) is 12.5 Å². The lowest BCUT2D eigenvalue weighted by molar-refractivity contribution is -0.149. The molecule has 0 saturated carbocycles. The van der Waals surface area contributed by atoms with Crippen molar-refractivity contribution in [1.29, 1.82) is 0 Å². The lowest BCUT2D eigenvalue weighted by Crippen LogP contribution is -2.41. The second-order valence-electron chi connectivity index (χ2n) is 11.2.